The molecule has 13 N–H and O–H groups in total. The Morgan fingerprint density at radius 1 is 0.697 bits per heavy atom. The number of nitrogens with two attached hydrogens (primary N) is 3. The van der Waals surface area contributed by atoms with Crippen LogP contribution in [-0.4, -0.2) is 134 Å². The van der Waals surface area contributed by atoms with Crippen LogP contribution < -0.4 is 17.2 Å². The molecule has 2 aliphatic heterocycles. The summed E-state index contributed by atoms with van der Waals surface area (Å²) in [5.41, 5.74) is 18.0. The molecule has 15 atom stereocenters. The van der Waals surface area contributed by atoms with Crippen molar-refractivity contribution >= 4 is 0 Å². The molecule has 1 aliphatic carbocycles. The number of aliphatic hydroxyl groups is 7. The van der Waals surface area contributed by atoms with E-state index in [2.05, 4.69) is 0 Å². The van der Waals surface area contributed by atoms with Crippen molar-refractivity contribution in [3.63, 3.8) is 0 Å². The fraction of sp³-hybridized carbons (Fsp3) is 1.00. The topological polar surface area (TPSA) is 257 Å². The van der Waals surface area contributed by atoms with Gasteiger partial charge in [-0.1, -0.05) is 6.92 Å². The van der Waals surface area contributed by atoms with E-state index in [4.69, 9.17) is 36.1 Å². The highest BCUT2D eigenvalue weighted by Crippen LogP contribution is 2.31. The summed E-state index contributed by atoms with van der Waals surface area (Å²) < 4.78 is 22.4. The molecule has 1 saturated carbocycles. The Hall–Kier alpha value is -0.560. The van der Waals surface area contributed by atoms with Crippen molar-refractivity contribution in [1.29, 1.82) is 0 Å². The first kappa shape index (κ1) is 27.0. The molecule has 14 heteroatoms. The molecular formula is C19H37N3O11. The van der Waals surface area contributed by atoms with Gasteiger partial charge in [0.25, 0.3) is 0 Å². The molecule has 3 rings (SSSR count). The van der Waals surface area contributed by atoms with Gasteiger partial charge in [0.05, 0.1) is 18.8 Å². The second-order valence-electron chi connectivity index (χ2n) is 8.96. The highest BCUT2D eigenvalue weighted by Gasteiger charge is 2.51. The van der Waals surface area contributed by atoms with E-state index in [9.17, 15) is 35.7 Å². The van der Waals surface area contributed by atoms with Gasteiger partial charge in [0.15, 0.2) is 12.6 Å². The molecule has 0 spiro atoms. The Bertz CT molecular complexity index is 582. The molecular weight excluding hydrogens is 446 g/mol. The maximum atomic E-state index is 11.0. The summed E-state index contributed by atoms with van der Waals surface area (Å²) >= 11 is 0. The lowest BCUT2D eigenvalue weighted by Crippen LogP contribution is -2.68. The summed E-state index contributed by atoms with van der Waals surface area (Å²) in [6.07, 6.45) is -15.4. The van der Waals surface area contributed by atoms with Gasteiger partial charge in [-0.15, -0.1) is 0 Å². The molecule has 0 aromatic rings. The predicted molar refractivity (Wildman–Crippen MR) is 109 cm³/mol. The van der Waals surface area contributed by atoms with Gasteiger partial charge >= 0.3 is 0 Å². The molecule has 194 valence electrons. The largest absolute Gasteiger partial charge is 0.394 e. The van der Waals surface area contributed by atoms with Crippen molar-refractivity contribution in [3.8, 4) is 0 Å². The van der Waals surface area contributed by atoms with Gasteiger partial charge in [-0.2, -0.15) is 0 Å². The van der Waals surface area contributed by atoms with Crippen LogP contribution in [0.25, 0.3) is 0 Å². The van der Waals surface area contributed by atoms with Crippen LogP contribution in [0.1, 0.15) is 19.8 Å². The van der Waals surface area contributed by atoms with E-state index < -0.39 is 98.4 Å². The lowest BCUT2D eigenvalue weighted by molar-refractivity contribution is -0.333. The van der Waals surface area contributed by atoms with Crippen molar-refractivity contribution in [1.82, 2.24) is 0 Å². The summed E-state index contributed by atoms with van der Waals surface area (Å²) in [4.78, 5) is 0. The molecule has 2 heterocycles. The van der Waals surface area contributed by atoms with E-state index >= 15 is 0 Å². The number of hydrogen-bond acceptors (Lipinski definition) is 14. The fourth-order valence-corrected chi connectivity index (χ4v) is 4.54. The summed E-state index contributed by atoms with van der Waals surface area (Å²) in [6.45, 7) is 1.14. The third kappa shape index (κ3) is 5.34. The van der Waals surface area contributed by atoms with E-state index in [1.807, 2.05) is 0 Å². The zero-order valence-electron chi connectivity index (χ0n) is 18.3. The third-order valence-corrected chi connectivity index (χ3v) is 6.65. The summed E-state index contributed by atoms with van der Waals surface area (Å²) in [7, 11) is 0. The molecule has 3 aliphatic rings. The van der Waals surface area contributed by atoms with Crippen LogP contribution in [-0.2, 0) is 18.9 Å². The zero-order valence-corrected chi connectivity index (χ0v) is 18.3. The van der Waals surface area contributed by atoms with E-state index in [-0.39, 0.29) is 6.42 Å². The average Bonchev–Trinajstić information content (AvgIpc) is 2.79. The lowest BCUT2D eigenvalue weighted by atomic mass is 9.84. The van der Waals surface area contributed by atoms with Crippen LogP contribution in [0, 0.1) is 0 Å². The Morgan fingerprint density at radius 3 is 1.73 bits per heavy atom. The van der Waals surface area contributed by atoms with Crippen LogP contribution in [0.3, 0.4) is 0 Å². The van der Waals surface area contributed by atoms with Crippen molar-refractivity contribution in [3.05, 3.63) is 0 Å². The maximum Gasteiger partial charge on any atom is 0.187 e. The summed E-state index contributed by atoms with van der Waals surface area (Å²) in [6, 6.07) is -2.80. The van der Waals surface area contributed by atoms with Gasteiger partial charge in [-0.05, 0) is 12.8 Å². The highest BCUT2D eigenvalue weighted by molar-refractivity contribution is 5.01. The first-order valence-corrected chi connectivity index (χ1v) is 11.1. The third-order valence-electron chi connectivity index (χ3n) is 6.65. The van der Waals surface area contributed by atoms with E-state index in [0.717, 1.165) is 0 Å². The van der Waals surface area contributed by atoms with Gasteiger partial charge in [0, 0.05) is 12.1 Å². The Balaban J connectivity index is 1.72. The molecule has 0 bridgehead atoms. The van der Waals surface area contributed by atoms with Crippen LogP contribution in [0.5, 0.6) is 0 Å². The molecule has 6 unspecified atom stereocenters. The second kappa shape index (κ2) is 11.0. The SMILES string of the molecule is CC[C@H]1O[C@@H](OC2C(O)[C@H](O[C@@H]3OC(CO)[C@H](O)[C@H](N)C3O)[C@H](N)C[C@@H]2N)C(O)C(O)[C@H]1O. The van der Waals surface area contributed by atoms with Gasteiger partial charge in [0.1, 0.15) is 54.9 Å². The fourth-order valence-electron chi connectivity index (χ4n) is 4.54. The molecule has 33 heavy (non-hydrogen) atoms. The van der Waals surface area contributed by atoms with Gasteiger partial charge in [-0.3, -0.25) is 0 Å². The molecule has 3 fully saturated rings. The molecule has 0 aromatic carbocycles. The van der Waals surface area contributed by atoms with Gasteiger partial charge in [-0.25, -0.2) is 0 Å². The normalized spacial score (nSPS) is 53.7. The van der Waals surface area contributed by atoms with E-state index in [0.29, 0.717) is 6.42 Å². The monoisotopic (exact) mass is 483 g/mol. The number of hydrogen-bond donors (Lipinski definition) is 10. The second-order valence-corrected chi connectivity index (χ2v) is 8.96. The minimum absolute atomic E-state index is 0.110. The Morgan fingerprint density at radius 2 is 1.21 bits per heavy atom. The molecule has 0 radical (unpaired) electrons. The van der Waals surface area contributed by atoms with Crippen molar-refractivity contribution in [2.75, 3.05) is 6.61 Å². The van der Waals surface area contributed by atoms with Crippen molar-refractivity contribution < 1.29 is 54.7 Å². The molecule has 2 saturated heterocycles. The van der Waals surface area contributed by atoms with Crippen LogP contribution in [0.15, 0.2) is 0 Å². The predicted octanol–water partition coefficient (Wildman–Crippen LogP) is -5.84. The first-order valence-electron chi connectivity index (χ1n) is 11.1. The minimum Gasteiger partial charge on any atom is -0.394 e. The highest BCUT2D eigenvalue weighted by atomic mass is 16.7. The van der Waals surface area contributed by atoms with E-state index in [1.54, 1.807) is 6.92 Å². The number of ether oxygens (including phenoxy) is 4. The van der Waals surface area contributed by atoms with Crippen molar-refractivity contribution in [2.45, 2.75) is 112 Å². The van der Waals surface area contributed by atoms with Crippen LogP contribution in [0.4, 0.5) is 0 Å². The standard InChI is InChI=1S/C19H37N3O11/c1-2-7-11(25)13(27)14(28)19(30-7)33-17-6(21)3-5(20)16(15(17)29)32-18-12(26)9(22)10(24)8(4-23)31-18/h5-19,23-29H,2-4,20-22H2,1H3/t5-,6+,7-,8?,9+,10+,11+,12?,13?,14?,15?,16-,17?,18+,19+/m1/s1. The average molecular weight is 484 g/mol. The molecule has 14 nitrogen and oxygen atoms in total. The lowest BCUT2D eigenvalue weighted by Gasteiger charge is -2.48. The quantitative estimate of drug-likeness (QED) is 0.169. The number of rotatable bonds is 6. The zero-order chi connectivity index (χ0) is 24.6. The van der Waals surface area contributed by atoms with E-state index in [1.165, 1.54) is 0 Å². The number of aliphatic hydroxyl groups excluding tert-OH is 7. The summed E-state index contributed by atoms with van der Waals surface area (Å²) in [5, 5.41) is 71.1. The first-order chi connectivity index (χ1) is 15.5. The smallest absolute Gasteiger partial charge is 0.187 e. The maximum absolute atomic E-state index is 11.0. The summed E-state index contributed by atoms with van der Waals surface area (Å²) in [5.74, 6) is 0. The molecule has 0 amide bonds. The van der Waals surface area contributed by atoms with Crippen LogP contribution in [0.2, 0.25) is 0 Å². The Kier molecular flexibility index (Phi) is 9.02. The van der Waals surface area contributed by atoms with Crippen molar-refractivity contribution in [2.24, 2.45) is 17.2 Å². The minimum atomic E-state index is -1.61. The van der Waals surface area contributed by atoms with Gasteiger partial charge in [0.2, 0.25) is 0 Å². The van der Waals surface area contributed by atoms with Gasteiger partial charge < -0.3 is 71.9 Å². The molecule has 0 aromatic heterocycles. The Labute approximate surface area is 190 Å². The van der Waals surface area contributed by atoms with Crippen LogP contribution >= 0.6 is 0 Å².